The molecular weight excluding hydrogens is 540 g/mol. The lowest BCUT2D eigenvalue weighted by Gasteiger charge is -2.12. The summed E-state index contributed by atoms with van der Waals surface area (Å²) >= 11 is 0. The molecule has 0 fully saturated rings. The second kappa shape index (κ2) is 9.38. The number of benzene rings is 6. The molecule has 0 spiro atoms. The molecule has 0 N–H and O–H groups in total. The SMILES string of the molecule is [C-]#[N+]c1cccc(-c2nc(-c3cccc(-n4c5ccccc5c5ccc6c7ccccc7oc6c54)c3)nc3ccccc23)c1. The summed E-state index contributed by atoms with van der Waals surface area (Å²) in [6.45, 7) is 7.51. The summed E-state index contributed by atoms with van der Waals surface area (Å²) in [4.78, 5) is 13.7. The van der Waals surface area contributed by atoms with E-state index in [4.69, 9.17) is 21.0 Å². The Bertz CT molecular complexity index is 2640. The third-order valence-corrected chi connectivity index (χ3v) is 8.39. The first kappa shape index (κ1) is 24.4. The van der Waals surface area contributed by atoms with Crippen molar-refractivity contribution < 1.29 is 4.42 Å². The number of hydrogen-bond donors (Lipinski definition) is 0. The zero-order chi connectivity index (χ0) is 29.2. The van der Waals surface area contributed by atoms with Gasteiger partial charge in [-0.05, 0) is 48.0 Å². The van der Waals surface area contributed by atoms with Crippen LogP contribution >= 0.6 is 0 Å². The second-order valence-electron chi connectivity index (χ2n) is 10.9. The van der Waals surface area contributed by atoms with E-state index in [9.17, 15) is 0 Å². The molecule has 3 heterocycles. The molecule has 9 rings (SSSR count). The molecule has 0 aliphatic rings. The van der Waals surface area contributed by atoms with Crippen molar-refractivity contribution in [1.29, 1.82) is 0 Å². The average molecular weight is 563 g/mol. The summed E-state index contributed by atoms with van der Waals surface area (Å²) in [6, 6.07) is 45.1. The van der Waals surface area contributed by atoms with Gasteiger partial charge in [-0.25, -0.2) is 14.8 Å². The van der Waals surface area contributed by atoms with Gasteiger partial charge in [-0.3, -0.25) is 0 Å². The van der Waals surface area contributed by atoms with E-state index < -0.39 is 0 Å². The van der Waals surface area contributed by atoms with Crippen LogP contribution in [-0.4, -0.2) is 14.5 Å². The topological polar surface area (TPSA) is 48.2 Å². The van der Waals surface area contributed by atoms with E-state index >= 15 is 0 Å². The van der Waals surface area contributed by atoms with Crippen molar-refractivity contribution in [3.8, 4) is 28.3 Å². The van der Waals surface area contributed by atoms with Gasteiger partial charge in [0.05, 0.1) is 28.8 Å². The highest BCUT2D eigenvalue weighted by molar-refractivity contribution is 6.21. The highest BCUT2D eigenvalue weighted by Gasteiger charge is 2.19. The van der Waals surface area contributed by atoms with Gasteiger partial charge in [-0.1, -0.05) is 91.0 Å². The second-order valence-corrected chi connectivity index (χ2v) is 10.9. The zero-order valence-corrected chi connectivity index (χ0v) is 23.4. The lowest BCUT2D eigenvalue weighted by Crippen LogP contribution is -1.98. The molecule has 0 saturated heterocycles. The molecule has 3 aromatic heterocycles. The van der Waals surface area contributed by atoms with Crippen molar-refractivity contribution >= 4 is 60.3 Å². The molecule has 0 unspecified atom stereocenters. The molecule has 0 bridgehead atoms. The van der Waals surface area contributed by atoms with Crippen LogP contribution in [0.1, 0.15) is 0 Å². The lowest BCUT2D eigenvalue weighted by molar-refractivity contribution is 0.671. The van der Waals surface area contributed by atoms with Gasteiger partial charge in [0.1, 0.15) is 5.58 Å². The van der Waals surface area contributed by atoms with Crippen LogP contribution in [0.25, 0.3) is 87.8 Å². The summed E-state index contributed by atoms with van der Waals surface area (Å²) in [5.74, 6) is 0.628. The van der Waals surface area contributed by atoms with Crippen LogP contribution in [0.5, 0.6) is 0 Å². The standard InChI is InChI=1S/C39H22N4O/c1-40-26-12-8-10-24(22-26)36-32-16-2-5-17-33(32)41-39(42-36)25-11-9-13-27(23-25)43-34-18-6-3-14-28(34)30-20-21-31-29-15-4-7-19-35(29)44-38(31)37(30)43/h2-23H. The third-order valence-electron chi connectivity index (χ3n) is 8.39. The van der Waals surface area contributed by atoms with Gasteiger partial charge in [-0.15, -0.1) is 0 Å². The Morgan fingerprint density at radius 1 is 0.591 bits per heavy atom. The van der Waals surface area contributed by atoms with Gasteiger partial charge in [0.2, 0.25) is 0 Å². The van der Waals surface area contributed by atoms with E-state index in [1.165, 1.54) is 5.39 Å². The van der Waals surface area contributed by atoms with Crippen LogP contribution in [0.15, 0.2) is 138 Å². The lowest BCUT2D eigenvalue weighted by atomic mass is 10.0. The van der Waals surface area contributed by atoms with Gasteiger partial charge in [0, 0.05) is 38.2 Å². The molecule has 0 saturated carbocycles. The molecule has 5 heteroatoms. The van der Waals surface area contributed by atoms with Crippen molar-refractivity contribution in [2.45, 2.75) is 0 Å². The van der Waals surface area contributed by atoms with Gasteiger partial charge in [-0.2, -0.15) is 0 Å². The quantitative estimate of drug-likeness (QED) is 0.201. The fraction of sp³-hybridized carbons (Fsp3) is 0. The first-order valence-corrected chi connectivity index (χ1v) is 14.5. The normalized spacial score (nSPS) is 11.6. The summed E-state index contributed by atoms with van der Waals surface area (Å²) in [5, 5.41) is 5.46. The van der Waals surface area contributed by atoms with E-state index in [0.29, 0.717) is 11.5 Å². The van der Waals surface area contributed by atoms with Gasteiger partial charge >= 0.3 is 0 Å². The molecular formula is C39H22N4O. The fourth-order valence-electron chi connectivity index (χ4n) is 6.43. The van der Waals surface area contributed by atoms with E-state index in [2.05, 4.69) is 82.2 Å². The number of nitrogens with zero attached hydrogens (tertiary/aromatic N) is 4. The molecule has 5 nitrogen and oxygen atoms in total. The number of furan rings is 1. The number of fused-ring (bicyclic) bond motifs is 8. The monoisotopic (exact) mass is 562 g/mol. The van der Waals surface area contributed by atoms with Crippen LogP contribution < -0.4 is 0 Å². The van der Waals surface area contributed by atoms with Crippen molar-refractivity contribution in [1.82, 2.24) is 14.5 Å². The summed E-state index contributed by atoms with van der Waals surface area (Å²) < 4.78 is 8.83. The Morgan fingerprint density at radius 2 is 1.34 bits per heavy atom. The Morgan fingerprint density at radius 3 is 2.25 bits per heavy atom. The minimum atomic E-state index is 0.581. The van der Waals surface area contributed by atoms with E-state index in [1.54, 1.807) is 0 Å². The smallest absolute Gasteiger partial charge is 0.187 e. The number of hydrogen-bond acceptors (Lipinski definition) is 3. The van der Waals surface area contributed by atoms with Crippen LogP contribution in [0.4, 0.5) is 5.69 Å². The fourth-order valence-corrected chi connectivity index (χ4v) is 6.43. The molecule has 0 atom stereocenters. The molecule has 6 aromatic carbocycles. The Kier molecular flexibility index (Phi) is 5.19. The van der Waals surface area contributed by atoms with E-state index in [1.807, 2.05) is 60.7 Å². The van der Waals surface area contributed by atoms with Gasteiger partial charge in [0.25, 0.3) is 0 Å². The van der Waals surface area contributed by atoms with Crippen molar-refractivity contribution in [2.24, 2.45) is 0 Å². The highest BCUT2D eigenvalue weighted by Crippen LogP contribution is 2.40. The van der Waals surface area contributed by atoms with Gasteiger partial charge in [0.15, 0.2) is 17.1 Å². The first-order chi connectivity index (χ1) is 21.8. The third kappa shape index (κ3) is 3.58. The highest BCUT2D eigenvalue weighted by atomic mass is 16.3. The molecule has 9 aromatic rings. The molecule has 0 aliphatic carbocycles. The molecule has 0 aliphatic heterocycles. The summed E-state index contributed by atoms with van der Waals surface area (Å²) in [6.07, 6.45) is 0. The van der Waals surface area contributed by atoms with Crippen LogP contribution in [0.2, 0.25) is 0 Å². The first-order valence-electron chi connectivity index (χ1n) is 14.5. The number of rotatable bonds is 3. The van der Waals surface area contributed by atoms with Crippen LogP contribution in [-0.2, 0) is 0 Å². The number of aromatic nitrogens is 3. The van der Waals surface area contributed by atoms with E-state index in [0.717, 1.165) is 71.8 Å². The van der Waals surface area contributed by atoms with Crippen molar-refractivity contribution in [3.05, 3.63) is 145 Å². The molecule has 0 amide bonds. The Hall–Kier alpha value is -6.25. The predicted molar refractivity (Wildman–Crippen MR) is 178 cm³/mol. The predicted octanol–water partition coefficient (Wildman–Crippen LogP) is 10.5. The number of para-hydroxylation sites is 3. The Balaban J connectivity index is 1.31. The van der Waals surface area contributed by atoms with Crippen LogP contribution in [0.3, 0.4) is 0 Å². The Labute approximate surface area is 252 Å². The van der Waals surface area contributed by atoms with Crippen molar-refractivity contribution in [2.75, 3.05) is 0 Å². The minimum Gasteiger partial charge on any atom is -0.454 e. The van der Waals surface area contributed by atoms with Gasteiger partial charge < -0.3 is 8.98 Å². The van der Waals surface area contributed by atoms with Crippen LogP contribution in [0, 0.1) is 6.57 Å². The minimum absolute atomic E-state index is 0.581. The van der Waals surface area contributed by atoms with E-state index in [-0.39, 0.29) is 0 Å². The maximum absolute atomic E-state index is 7.51. The molecule has 204 valence electrons. The van der Waals surface area contributed by atoms with Crippen molar-refractivity contribution in [3.63, 3.8) is 0 Å². The largest absolute Gasteiger partial charge is 0.454 e. The molecule has 0 radical (unpaired) electrons. The summed E-state index contributed by atoms with van der Waals surface area (Å²) in [7, 11) is 0. The molecule has 44 heavy (non-hydrogen) atoms. The maximum Gasteiger partial charge on any atom is 0.187 e. The maximum atomic E-state index is 7.51. The zero-order valence-electron chi connectivity index (χ0n) is 23.4. The summed E-state index contributed by atoms with van der Waals surface area (Å²) in [5.41, 5.74) is 8.91. The average Bonchev–Trinajstić information content (AvgIpc) is 3.64.